The summed E-state index contributed by atoms with van der Waals surface area (Å²) in [5, 5.41) is 0.546. The van der Waals surface area contributed by atoms with Crippen molar-refractivity contribution in [2.75, 3.05) is 0 Å². The second kappa shape index (κ2) is 8.11. The van der Waals surface area contributed by atoms with Crippen LogP contribution in [0.1, 0.15) is 21.5 Å². The average molecular weight is 372 g/mol. The number of hydrogen-bond donors (Lipinski definition) is 0. The van der Waals surface area contributed by atoms with Crippen molar-refractivity contribution in [3.8, 4) is 0 Å². The Labute approximate surface area is 155 Å². The van der Waals surface area contributed by atoms with Crippen LogP contribution in [-0.4, -0.2) is 10.8 Å². The van der Waals surface area contributed by atoms with Crippen LogP contribution in [0.4, 0.5) is 8.78 Å². The van der Waals surface area contributed by atoms with E-state index in [1.54, 1.807) is 53.4 Å². The highest BCUT2D eigenvalue weighted by molar-refractivity contribution is 6.30. The minimum absolute atomic E-state index is 0.185. The van der Waals surface area contributed by atoms with Crippen molar-refractivity contribution in [3.63, 3.8) is 0 Å². The lowest BCUT2D eigenvalue weighted by Crippen LogP contribution is -2.30. The maximum absolute atomic E-state index is 13.1. The molecule has 3 aromatic rings. The van der Waals surface area contributed by atoms with E-state index in [0.29, 0.717) is 23.7 Å². The predicted octanol–water partition coefficient (Wildman–Crippen LogP) is 5.46. The first-order chi connectivity index (χ1) is 12.5. The molecule has 132 valence electrons. The predicted molar refractivity (Wildman–Crippen MR) is 97.8 cm³/mol. The van der Waals surface area contributed by atoms with Crippen molar-refractivity contribution < 1.29 is 13.6 Å². The van der Waals surface area contributed by atoms with Crippen LogP contribution in [0.5, 0.6) is 0 Å². The molecular formula is C21H16ClF2NO. The highest BCUT2D eigenvalue weighted by Crippen LogP contribution is 2.17. The molecule has 3 rings (SSSR count). The van der Waals surface area contributed by atoms with Crippen molar-refractivity contribution in [3.05, 3.63) is 106 Å². The highest BCUT2D eigenvalue weighted by Gasteiger charge is 2.17. The van der Waals surface area contributed by atoms with E-state index in [0.717, 1.165) is 11.1 Å². The topological polar surface area (TPSA) is 20.3 Å². The Morgan fingerprint density at radius 1 is 0.731 bits per heavy atom. The third kappa shape index (κ3) is 4.67. The molecule has 0 aliphatic heterocycles. The van der Waals surface area contributed by atoms with Crippen molar-refractivity contribution in [1.82, 2.24) is 4.90 Å². The van der Waals surface area contributed by atoms with Crippen molar-refractivity contribution in [1.29, 1.82) is 0 Å². The fraction of sp³-hybridized carbons (Fsp3) is 0.0952. The van der Waals surface area contributed by atoms with E-state index in [4.69, 9.17) is 11.6 Å². The Bertz CT molecular complexity index is 830. The van der Waals surface area contributed by atoms with Gasteiger partial charge in [0, 0.05) is 23.7 Å². The first kappa shape index (κ1) is 18.1. The maximum Gasteiger partial charge on any atom is 0.254 e. The van der Waals surface area contributed by atoms with E-state index < -0.39 is 0 Å². The fourth-order valence-electron chi connectivity index (χ4n) is 2.59. The largest absolute Gasteiger partial charge is 0.330 e. The zero-order chi connectivity index (χ0) is 18.5. The molecule has 26 heavy (non-hydrogen) atoms. The molecule has 0 fully saturated rings. The Morgan fingerprint density at radius 3 is 1.58 bits per heavy atom. The molecule has 0 spiro atoms. The summed E-state index contributed by atoms with van der Waals surface area (Å²) in [6.45, 7) is 0.609. The summed E-state index contributed by atoms with van der Waals surface area (Å²) in [6.07, 6.45) is 0. The van der Waals surface area contributed by atoms with Crippen LogP contribution in [0.25, 0.3) is 0 Å². The Morgan fingerprint density at radius 2 is 1.15 bits per heavy atom. The Kier molecular flexibility index (Phi) is 5.64. The molecule has 0 aliphatic carbocycles. The molecule has 0 bridgehead atoms. The fourth-order valence-corrected chi connectivity index (χ4v) is 2.72. The van der Waals surface area contributed by atoms with E-state index in [-0.39, 0.29) is 17.5 Å². The molecule has 0 unspecified atom stereocenters. The third-order valence-corrected chi connectivity index (χ3v) is 4.20. The second-order valence-corrected chi connectivity index (χ2v) is 6.36. The van der Waals surface area contributed by atoms with E-state index in [9.17, 15) is 13.6 Å². The normalized spacial score (nSPS) is 10.6. The standard InChI is InChI=1S/C21H16ClF2NO/c22-18-7-5-17(6-8-18)21(26)25(13-15-1-9-19(23)10-2-15)14-16-3-11-20(24)12-4-16/h1-12H,13-14H2. The van der Waals surface area contributed by atoms with Gasteiger partial charge in [0.05, 0.1) is 0 Å². The molecule has 3 aromatic carbocycles. The molecule has 1 amide bonds. The van der Waals surface area contributed by atoms with Gasteiger partial charge >= 0.3 is 0 Å². The molecule has 0 aliphatic rings. The van der Waals surface area contributed by atoms with Gasteiger partial charge in [-0.2, -0.15) is 0 Å². The molecule has 0 radical (unpaired) electrons. The van der Waals surface area contributed by atoms with Gasteiger partial charge in [-0.25, -0.2) is 8.78 Å². The molecule has 0 saturated carbocycles. The van der Waals surface area contributed by atoms with Gasteiger partial charge in [0.25, 0.3) is 5.91 Å². The quantitative estimate of drug-likeness (QED) is 0.583. The lowest BCUT2D eigenvalue weighted by molar-refractivity contribution is 0.0730. The van der Waals surface area contributed by atoms with Crippen molar-refractivity contribution in [2.24, 2.45) is 0 Å². The number of amides is 1. The lowest BCUT2D eigenvalue weighted by atomic mass is 10.1. The van der Waals surface area contributed by atoms with Crippen LogP contribution >= 0.6 is 11.6 Å². The first-order valence-corrected chi connectivity index (χ1v) is 8.43. The third-order valence-electron chi connectivity index (χ3n) is 3.95. The van der Waals surface area contributed by atoms with Crippen LogP contribution in [0.15, 0.2) is 72.8 Å². The van der Waals surface area contributed by atoms with Gasteiger partial charge in [-0.1, -0.05) is 35.9 Å². The smallest absolute Gasteiger partial charge is 0.254 e. The van der Waals surface area contributed by atoms with E-state index in [2.05, 4.69) is 0 Å². The number of halogens is 3. The summed E-state index contributed by atoms with van der Waals surface area (Å²) in [5.41, 5.74) is 2.10. The minimum Gasteiger partial charge on any atom is -0.330 e. The van der Waals surface area contributed by atoms with Crippen LogP contribution in [-0.2, 0) is 13.1 Å². The number of hydrogen-bond acceptors (Lipinski definition) is 1. The molecule has 0 saturated heterocycles. The summed E-state index contributed by atoms with van der Waals surface area (Å²) in [6, 6.07) is 18.6. The van der Waals surface area contributed by atoms with Gasteiger partial charge in [0.2, 0.25) is 0 Å². The summed E-state index contributed by atoms with van der Waals surface area (Å²) in [7, 11) is 0. The minimum atomic E-state index is -0.331. The maximum atomic E-state index is 13.1. The summed E-state index contributed by atoms with van der Waals surface area (Å²) < 4.78 is 26.3. The zero-order valence-corrected chi connectivity index (χ0v) is 14.6. The Hall–Kier alpha value is -2.72. The van der Waals surface area contributed by atoms with Gasteiger partial charge in [-0.15, -0.1) is 0 Å². The van der Waals surface area contributed by atoms with Crippen LogP contribution in [0.3, 0.4) is 0 Å². The van der Waals surface area contributed by atoms with Crippen LogP contribution < -0.4 is 0 Å². The SMILES string of the molecule is O=C(c1ccc(Cl)cc1)N(Cc1ccc(F)cc1)Cc1ccc(F)cc1. The average Bonchev–Trinajstić information content (AvgIpc) is 2.65. The monoisotopic (exact) mass is 371 g/mol. The molecule has 0 atom stereocenters. The number of carbonyl (C=O) groups is 1. The van der Waals surface area contributed by atoms with E-state index in [1.165, 1.54) is 24.3 Å². The summed E-state index contributed by atoms with van der Waals surface area (Å²) >= 11 is 5.89. The van der Waals surface area contributed by atoms with Crippen LogP contribution in [0.2, 0.25) is 5.02 Å². The molecule has 0 N–H and O–H groups in total. The van der Waals surface area contributed by atoms with Crippen LogP contribution in [0, 0.1) is 11.6 Å². The number of carbonyl (C=O) groups excluding carboxylic acids is 1. The highest BCUT2D eigenvalue weighted by atomic mass is 35.5. The molecule has 2 nitrogen and oxygen atoms in total. The second-order valence-electron chi connectivity index (χ2n) is 5.92. The van der Waals surface area contributed by atoms with Gasteiger partial charge in [0.15, 0.2) is 0 Å². The zero-order valence-electron chi connectivity index (χ0n) is 13.8. The summed E-state index contributed by atoms with van der Waals surface area (Å²) in [4.78, 5) is 14.6. The van der Waals surface area contributed by atoms with E-state index in [1.807, 2.05) is 0 Å². The molecule has 0 heterocycles. The van der Waals surface area contributed by atoms with Gasteiger partial charge < -0.3 is 4.90 Å². The van der Waals surface area contributed by atoms with Gasteiger partial charge in [-0.3, -0.25) is 4.79 Å². The van der Waals surface area contributed by atoms with Crippen molar-refractivity contribution in [2.45, 2.75) is 13.1 Å². The molecule has 0 aromatic heterocycles. The van der Waals surface area contributed by atoms with Crippen molar-refractivity contribution >= 4 is 17.5 Å². The number of rotatable bonds is 5. The van der Waals surface area contributed by atoms with E-state index >= 15 is 0 Å². The van der Waals surface area contributed by atoms with Gasteiger partial charge in [-0.05, 0) is 59.7 Å². The lowest BCUT2D eigenvalue weighted by Gasteiger charge is -2.23. The first-order valence-electron chi connectivity index (χ1n) is 8.05. The Balaban J connectivity index is 1.86. The number of nitrogens with zero attached hydrogens (tertiary/aromatic N) is 1. The number of benzene rings is 3. The summed E-state index contributed by atoms with van der Waals surface area (Å²) in [5.74, 6) is -0.846. The molecular weight excluding hydrogens is 356 g/mol. The molecule has 5 heteroatoms. The van der Waals surface area contributed by atoms with Gasteiger partial charge in [0.1, 0.15) is 11.6 Å².